The molecule has 2 amide bonds. The Labute approximate surface area is 156 Å². The minimum absolute atomic E-state index is 0.0388. The first-order chi connectivity index (χ1) is 13.0. The molecule has 1 atom stereocenters. The van der Waals surface area contributed by atoms with Crippen molar-refractivity contribution in [1.29, 1.82) is 0 Å². The summed E-state index contributed by atoms with van der Waals surface area (Å²) in [5.74, 6) is -0.788. The van der Waals surface area contributed by atoms with Gasteiger partial charge in [-0.3, -0.25) is 14.9 Å². The lowest BCUT2D eigenvalue weighted by atomic mass is 10.1. The van der Waals surface area contributed by atoms with Crippen molar-refractivity contribution >= 4 is 17.7 Å². The second-order valence-corrected chi connectivity index (χ2v) is 6.32. The van der Waals surface area contributed by atoms with E-state index >= 15 is 0 Å². The van der Waals surface area contributed by atoms with Gasteiger partial charge in [0.05, 0.1) is 17.4 Å². The third-order valence-electron chi connectivity index (χ3n) is 4.32. The number of imide groups is 1. The van der Waals surface area contributed by atoms with Gasteiger partial charge in [-0.1, -0.05) is 55.5 Å². The van der Waals surface area contributed by atoms with E-state index in [2.05, 4.69) is 0 Å². The molecule has 1 aliphatic rings. The number of ether oxygens (including phenoxy) is 1. The van der Waals surface area contributed by atoms with Gasteiger partial charge in [0.1, 0.15) is 6.61 Å². The molecule has 3 rings (SSSR count). The molecule has 1 unspecified atom stereocenters. The molecule has 140 valence electrons. The van der Waals surface area contributed by atoms with E-state index in [0.717, 1.165) is 10.6 Å². The van der Waals surface area contributed by atoms with Crippen LogP contribution < -0.4 is 0 Å². The van der Waals surface area contributed by atoms with Crippen LogP contribution >= 0.6 is 0 Å². The van der Waals surface area contributed by atoms with Crippen LogP contribution in [0.25, 0.3) is 0 Å². The summed E-state index contributed by atoms with van der Waals surface area (Å²) in [6, 6.07) is 15.4. The summed E-state index contributed by atoms with van der Waals surface area (Å²) in [4.78, 5) is 35.7. The van der Waals surface area contributed by atoms with Crippen LogP contribution in [0.3, 0.4) is 0 Å². The summed E-state index contributed by atoms with van der Waals surface area (Å²) >= 11 is 0. The molecule has 1 aliphatic heterocycles. The number of nitro groups is 1. The van der Waals surface area contributed by atoms with E-state index in [9.17, 15) is 19.7 Å². The predicted molar refractivity (Wildman–Crippen MR) is 96.1 cm³/mol. The highest BCUT2D eigenvalue weighted by Gasteiger charge is 2.41. The molecule has 0 N–H and O–H groups in total. The molecular weight excluding hydrogens is 350 g/mol. The maximum Gasteiger partial charge on any atom is 0.432 e. The van der Waals surface area contributed by atoms with Gasteiger partial charge in [0.15, 0.2) is 0 Å². The number of hydrogen-bond donors (Lipinski definition) is 0. The van der Waals surface area contributed by atoms with Crippen LogP contribution in [0.15, 0.2) is 54.6 Å². The first-order valence-corrected chi connectivity index (χ1v) is 8.49. The number of benzene rings is 2. The lowest BCUT2D eigenvalue weighted by Gasteiger charge is -2.25. The fourth-order valence-corrected chi connectivity index (χ4v) is 2.96. The van der Waals surface area contributed by atoms with Crippen LogP contribution in [-0.4, -0.2) is 33.5 Å². The van der Waals surface area contributed by atoms with E-state index < -0.39 is 16.9 Å². The zero-order valence-electron chi connectivity index (χ0n) is 14.8. The topological polar surface area (TPSA) is 93.0 Å². The third kappa shape index (κ3) is 4.12. The number of carbonyl (C=O) groups excluding carboxylic acids is 2. The molecule has 0 saturated carbocycles. The van der Waals surface area contributed by atoms with Gasteiger partial charge in [-0.15, -0.1) is 0 Å². The van der Waals surface area contributed by atoms with Gasteiger partial charge in [-0.2, -0.15) is 5.01 Å². The molecule has 1 saturated heterocycles. The van der Waals surface area contributed by atoms with Crippen molar-refractivity contribution in [3.8, 4) is 0 Å². The molecular formula is C19H19N3O5. The lowest BCUT2D eigenvalue weighted by Crippen LogP contribution is -2.43. The van der Waals surface area contributed by atoms with Crippen LogP contribution in [0.1, 0.15) is 18.1 Å². The Morgan fingerprint density at radius 1 is 1.19 bits per heavy atom. The lowest BCUT2D eigenvalue weighted by molar-refractivity contribution is -0.385. The molecule has 0 aliphatic carbocycles. The second-order valence-electron chi connectivity index (χ2n) is 6.32. The molecule has 1 heterocycles. The summed E-state index contributed by atoms with van der Waals surface area (Å²) in [7, 11) is 0. The van der Waals surface area contributed by atoms with Crippen LogP contribution in [0.4, 0.5) is 10.5 Å². The maximum atomic E-state index is 12.5. The van der Waals surface area contributed by atoms with Crippen LogP contribution in [-0.2, 0) is 22.7 Å². The summed E-state index contributed by atoms with van der Waals surface area (Å²) in [5.41, 5.74) is 1.17. The molecule has 2 aromatic rings. The number of carbonyl (C=O) groups is 2. The van der Waals surface area contributed by atoms with E-state index in [1.54, 1.807) is 25.1 Å². The second kappa shape index (κ2) is 7.96. The first kappa shape index (κ1) is 18.5. The monoisotopic (exact) mass is 369 g/mol. The van der Waals surface area contributed by atoms with Crippen LogP contribution in [0.2, 0.25) is 0 Å². The number of hydrogen-bond acceptors (Lipinski definition) is 6. The number of rotatable bonds is 5. The standard InChI is InChI=1S/C19H19N3O5/c1-14-11-20(12-16-9-5-6-10-17(16)22(25)26)21(18(14)23)19(24)27-13-15-7-3-2-4-8-15/h2-10,14H,11-13H2,1H3. The van der Waals surface area contributed by atoms with Crippen molar-refractivity contribution < 1.29 is 19.2 Å². The van der Waals surface area contributed by atoms with Crippen LogP contribution in [0, 0.1) is 16.0 Å². The third-order valence-corrected chi connectivity index (χ3v) is 4.32. The Hall–Kier alpha value is -3.26. The van der Waals surface area contributed by atoms with Gasteiger partial charge >= 0.3 is 6.09 Å². The fraction of sp³-hybridized carbons (Fsp3) is 0.263. The van der Waals surface area contributed by atoms with Gasteiger partial charge in [-0.25, -0.2) is 9.80 Å². The van der Waals surface area contributed by atoms with E-state index in [1.807, 2.05) is 30.3 Å². The quantitative estimate of drug-likeness (QED) is 0.594. The Bertz CT molecular complexity index is 855. The number of amides is 2. The smallest absolute Gasteiger partial charge is 0.432 e. The highest BCUT2D eigenvalue weighted by molar-refractivity contribution is 5.94. The van der Waals surface area contributed by atoms with Crippen molar-refractivity contribution in [2.45, 2.75) is 20.1 Å². The van der Waals surface area contributed by atoms with Crippen molar-refractivity contribution in [3.63, 3.8) is 0 Å². The zero-order valence-corrected chi connectivity index (χ0v) is 14.8. The van der Waals surface area contributed by atoms with Crippen molar-refractivity contribution in [3.05, 3.63) is 75.8 Å². The molecule has 2 aromatic carbocycles. The van der Waals surface area contributed by atoms with Gasteiger partial charge < -0.3 is 4.74 Å². The maximum absolute atomic E-state index is 12.5. The number of nitrogens with zero attached hydrogens (tertiary/aromatic N) is 3. The Kier molecular flexibility index (Phi) is 5.46. The first-order valence-electron chi connectivity index (χ1n) is 8.49. The van der Waals surface area contributed by atoms with E-state index in [0.29, 0.717) is 5.56 Å². The Balaban J connectivity index is 1.75. The van der Waals surface area contributed by atoms with Gasteiger partial charge in [-0.05, 0) is 5.56 Å². The molecule has 0 spiro atoms. The minimum atomic E-state index is -0.785. The van der Waals surface area contributed by atoms with Gasteiger partial charge in [0, 0.05) is 18.2 Å². The highest BCUT2D eigenvalue weighted by atomic mass is 16.6. The Morgan fingerprint density at radius 3 is 2.56 bits per heavy atom. The fourth-order valence-electron chi connectivity index (χ4n) is 2.96. The Morgan fingerprint density at radius 2 is 1.85 bits per heavy atom. The molecule has 0 aromatic heterocycles. The molecule has 0 radical (unpaired) electrons. The van der Waals surface area contributed by atoms with E-state index in [4.69, 9.17) is 4.74 Å². The average Bonchev–Trinajstić information content (AvgIpc) is 2.94. The number of hydrazine groups is 1. The van der Waals surface area contributed by atoms with Gasteiger partial charge in [0.25, 0.3) is 11.6 Å². The summed E-state index contributed by atoms with van der Waals surface area (Å²) in [5, 5.41) is 13.7. The SMILES string of the molecule is CC1CN(Cc2ccccc2[N+](=O)[O-])N(C(=O)OCc2ccccc2)C1=O. The van der Waals surface area contributed by atoms with Crippen LogP contribution in [0.5, 0.6) is 0 Å². The minimum Gasteiger partial charge on any atom is -0.443 e. The van der Waals surface area contributed by atoms with Crippen molar-refractivity contribution in [2.24, 2.45) is 5.92 Å². The molecule has 27 heavy (non-hydrogen) atoms. The van der Waals surface area contributed by atoms with Crippen molar-refractivity contribution in [1.82, 2.24) is 10.0 Å². The zero-order chi connectivity index (χ0) is 19.4. The van der Waals surface area contributed by atoms with E-state index in [-0.39, 0.29) is 31.3 Å². The molecule has 8 nitrogen and oxygen atoms in total. The van der Waals surface area contributed by atoms with E-state index in [1.165, 1.54) is 11.1 Å². The summed E-state index contributed by atoms with van der Waals surface area (Å²) in [6.45, 7) is 2.09. The average molecular weight is 369 g/mol. The normalized spacial score (nSPS) is 17.1. The molecule has 1 fully saturated rings. The molecule has 8 heteroatoms. The number of para-hydroxylation sites is 1. The van der Waals surface area contributed by atoms with Gasteiger partial charge in [0.2, 0.25) is 0 Å². The number of nitro benzene ring substituents is 1. The van der Waals surface area contributed by atoms with Crippen molar-refractivity contribution in [2.75, 3.05) is 6.54 Å². The summed E-state index contributed by atoms with van der Waals surface area (Å²) < 4.78 is 5.27. The summed E-state index contributed by atoms with van der Waals surface area (Å²) in [6.07, 6.45) is -0.785. The largest absolute Gasteiger partial charge is 0.443 e. The predicted octanol–water partition coefficient (Wildman–Crippen LogP) is 3.13. The highest BCUT2D eigenvalue weighted by Crippen LogP contribution is 2.25. The molecule has 0 bridgehead atoms.